The van der Waals surface area contributed by atoms with Crippen molar-refractivity contribution in [2.45, 2.75) is 44.9 Å². The Labute approximate surface area is 133 Å². The molecule has 1 heterocycles. The summed E-state index contributed by atoms with van der Waals surface area (Å²) in [5, 5.41) is 6.72. The number of hydrogen-bond acceptors (Lipinski definition) is 7. The molecule has 0 aromatic carbocycles. The van der Waals surface area contributed by atoms with Crippen LogP contribution in [-0.4, -0.2) is 51.2 Å². The second kappa shape index (κ2) is 16.4. The molecule has 1 rings (SSSR count). The summed E-state index contributed by atoms with van der Waals surface area (Å²) in [6.07, 6.45) is 6.07. The smallest absolute Gasteiger partial charge is 0.313 e. The van der Waals surface area contributed by atoms with E-state index in [0.29, 0.717) is 19.3 Å². The summed E-state index contributed by atoms with van der Waals surface area (Å²) in [7, 11) is 0. The Morgan fingerprint density at radius 3 is 1.50 bits per heavy atom. The predicted octanol–water partition coefficient (Wildman–Crippen LogP) is -0.116. The molecule has 1 aliphatic heterocycles. The van der Waals surface area contributed by atoms with Crippen molar-refractivity contribution in [3.8, 4) is 0 Å². The molecule has 0 aromatic rings. The zero-order valence-corrected chi connectivity index (χ0v) is 13.6. The fraction of sp³-hybridized carbons (Fsp3) is 0.867. The number of esters is 2. The molecule has 0 radical (unpaired) electrons. The van der Waals surface area contributed by atoms with Gasteiger partial charge in [0.05, 0.1) is 0 Å². The van der Waals surface area contributed by atoms with Gasteiger partial charge in [-0.2, -0.15) is 0 Å². The second-order valence-electron chi connectivity index (χ2n) is 5.19. The SMILES string of the molecule is NCCCNCCCCNCCCN.O=C1CCCC(=O)O1. The van der Waals surface area contributed by atoms with Gasteiger partial charge in [0.2, 0.25) is 0 Å². The van der Waals surface area contributed by atoms with Crippen molar-refractivity contribution in [1.82, 2.24) is 10.6 Å². The van der Waals surface area contributed by atoms with Gasteiger partial charge < -0.3 is 26.8 Å². The zero-order chi connectivity index (χ0) is 16.5. The minimum atomic E-state index is -0.388. The highest BCUT2D eigenvalue weighted by Gasteiger charge is 2.15. The molecule has 130 valence electrons. The van der Waals surface area contributed by atoms with E-state index in [1.54, 1.807) is 0 Å². The average Bonchev–Trinajstić information content (AvgIpc) is 2.50. The number of unbranched alkanes of at least 4 members (excludes halogenated alkanes) is 1. The fourth-order valence-electron chi connectivity index (χ4n) is 1.81. The predicted molar refractivity (Wildman–Crippen MR) is 87.3 cm³/mol. The first-order valence-corrected chi connectivity index (χ1v) is 8.25. The molecule has 7 heteroatoms. The number of carbonyl (C=O) groups excluding carboxylic acids is 2. The Morgan fingerprint density at radius 2 is 1.18 bits per heavy atom. The van der Waals surface area contributed by atoms with Crippen LogP contribution in [0.25, 0.3) is 0 Å². The van der Waals surface area contributed by atoms with Crippen molar-refractivity contribution in [1.29, 1.82) is 0 Å². The molecule has 0 atom stereocenters. The van der Waals surface area contributed by atoms with E-state index < -0.39 is 0 Å². The van der Waals surface area contributed by atoms with E-state index in [1.165, 1.54) is 12.8 Å². The van der Waals surface area contributed by atoms with Gasteiger partial charge in [0.1, 0.15) is 0 Å². The van der Waals surface area contributed by atoms with E-state index in [9.17, 15) is 9.59 Å². The van der Waals surface area contributed by atoms with Gasteiger partial charge in [-0.05, 0) is 71.4 Å². The van der Waals surface area contributed by atoms with Crippen LogP contribution in [0.3, 0.4) is 0 Å². The van der Waals surface area contributed by atoms with Gasteiger partial charge in [-0.3, -0.25) is 9.59 Å². The van der Waals surface area contributed by atoms with Crippen molar-refractivity contribution in [2.75, 3.05) is 39.3 Å². The lowest BCUT2D eigenvalue weighted by Gasteiger charge is -2.06. The summed E-state index contributed by atoms with van der Waals surface area (Å²) < 4.78 is 4.21. The number of ether oxygens (including phenoxy) is 1. The summed E-state index contributed by atoms with van der Waals surface area (Å²) in [6.45, 7) is 5.90. The summed E-state index contributed by atoms with van der Waals surface area (Å²) >= 11 is 0. The molecule has 1 saturated heterocycles. The van der Waals surface area contributed by atoms with E-state index in [0.717, 1.165) is 52.1 Å². The summed E-state index contributed by atoms with van der Waals surface area (Å²) in [5.74, 6) is -0.775. The van der Waals surface area contributed by atoms with Crippen LogP contribution in [0.4, 0.5) is 0 Å². The maximum atomic E-state index is 10.2. The standard InChI is InChI=1S/C10H26N4.C5H6O3/c11-5-3-9-13-7-1-2-8-14-10-4-6-12;6-4-2-1-3-5(7)8-4/h13-14H,1-12H2;1-3H2. The molecule has 0 aromatic heterocycles. The Balaban J connectivity index is 0.000000461. The summed E-state index contributed by atoms with van der Waals surface area (Å²) in [6, 6.07) is 0. The lowest BCUT2D eigenvalue weighted by atomic mass is 10.2. The maximum Gasteiger partial charge on any atom is 0.313 e. The normalized spacial score (nSPS) is 14.3. The molecule has 0 unspecified atom stereocenters. The van der Waals surface area contributed by atoms with Gasteiger partial charge in [0.25, 0.3) is 0 Å². The van der Waals surface area contributed by atoms with E-state index in [4.69, 9.17) is 11.5 Å². The summed E-state index contributed by atoms with van der Waals surface area (Å²) in [5.41, 5.74) is 10.8. The quantitative estimate of drug-likeness (QED) is 0.238. The molecule has 22 heavy (non-hydrogen) atoms. The van der Waals surface area contributed by atoms with Crippen LogP contribution in [0.2, 0.25) is 0 Å². The minimum absolute atomic E-state index is 0.388. The lowest BCUT2D eigenvalue weighted by molar-refractivity contribution is -0.163. The van der Waals surface area contributed by atoms with Gasteiger partial charge in [0.15, 0.2) is 0 Å². The van der Waals surface area contributed by atoms with E-state index in [2.05, 4.69) is 15.4 Å². The highest BCUT2D eigenvalue weighted by molar-refractivity contribution is 5.87. The van der Waals surface area contributed by atoms with Crippen LogP contribution in [-0.2, 0) is 14.3 Å². The highest BCUT2D eigenvalue weighted by Crippen LogP contribution is 2.06. The number of nitrogens with two attached hydrogens (primary N) is 2. The largest absolute Gasteiger partial charge is 0.393 e. The number of nitrogens with one attached hydrogen (secondary N) is 2. The van der Waals surface area contributed by atoms with Crippen molar-refractivity contribution >= 4 is 11.9 Å². The molecule has 0 saturated carbocycles. The molecule has 6 N–H and O–H groups in total. The van der Waals surface area contributed by atoms with Gasteiger partial charge in [-0.1, -0.05) is 0 Å². The first-order chi connectivity index (χ1) is 10.7. The number of rotatable bonds is 11. The molecule has 1 aliphatic rings. The second-order valence-corrected chi connectivity index (χ2v) is 5.19. The topological polar surface area (TPSA) is 119 Å². The van der Waals surface area contributed by atoms with E-state index in [-0.39, 0.29) is 11.9 Å². The molecule has 0 spiro atoms. The molecule has 7 nitrogen and oxygen atoms in total. The average molecular weight is 316 g/mol. The summed E-state index contributed by atoms with van der Waals surface area (Å²) in [4.78, 5) is 20.5. The number of carbonyl (C=O) groups is 2. The van der Waals surface area contributed by atoms with Crippen LogP contribution < -0.4 is 22.1 Å². The Kier molecular flexibility index (Phi) is 15.6. The first-order valence-electron chi connectivity index (χ1n) is 8.25. The molecule has 0 amide bonds. The van der Waals surface area contributed by atoms with Gasteiger partial charge in [-0.15, -0.1) is 0 Å². The van der Waals surface area contributed by atoms with Crippen LogP contribution in [0.15, 0.2) is 0 Å². The van der Waals surface area contributed by atoms with Crippen LogP contribution >= 0.6 is 0 Å². The zero-order valence-electron chi connectivity index (χ0n) is 13.6. The Morgan fingerprint density at radius 1 is 0.773 bits per heavy atom. The molecular weight excluding hydrogens is 284 g/mol. The fourth-order valence-corrected chi connectivity index (χ4v) is 1.81. The molecule has 1 fully saturated rings. The monoisotopic (exact) mass is 316 g/mol. The molecule has 0 bridgehead atoms. The lowest BCUT2D eigenvalue weighted by Crippen LogP contribution is -2.22. The van der Waals surface area contributed by atoms with Crippen LogP contribution in [0.5, 0.6) is 0 Å². The molecular formula is C15H32N4O3. The number of cyclic esters (lactones) is 2. The maximum absolute atomic E-state index is 10.2. The third kappa shape index (κ3) is 15.4. The third-order valence-corrected chi connectivity index (χ3v) is 3.06. The minimum Gasteiger partial charge on any atom is -0.393 e. The van der Waals surface area contributed by atoms with Gasteiger partial charge >= 0.3 is 11.9 Å². The Hall–Kier alpha value is -1.02. The highest BCUT2D eigenvalue weighted by atomic mass is 16.6. The third-order valence-electron chi connectivity index (χ3n) is 3.06. The van der Waals surface area contributed by atoms with Crippen molar-refractivity contribution < 1.29 is 14.3 Å². The van der Waals surface area contributed by atoms with Crippen molar-refractivity contribution in [2.24, 2.45) is 11.5 Å². The van der Waals surface area contributed by atoms with Gasteiger partial charge in [0, 0.05) is 12.8 Å². The van der Waals surface area contributed by atoms with Crippen molar-refractivity contribution in [3.05, 3.63) is 0 Å². The van der Waals surface area contributed by atoms with Gasteiger partial charge in [-0.25, -0.2) is 0 Å². The van der Waals surface area contributed by atoms with E-state index >= 15 is 0 Å². The van der Waals surface area contributed by atoms with E-state index in [1.807, 2.05) is 0 Å². The number of hydrogen-bond donors (Lipinski definition) is 4. The van der Waals surface area contributed by atoms with Crippen LogP contribution in [0.1, 0.15) is 44.9 Å². The van der Waals surface area contributed by atoms with Crippen molar-refractivity contribution in [3.63, 3.8) is 0 Å². The first kappa shape index (κ1) is 21.0. The molecule has 0 aliphatic carbocycles. The van der Waals surface area contributed by atoms with Crippen LogP contribution in [0, 0.1) is 0 Å². The Bertz CT molecular complexity index is 262.